The van der Waals surface area contributed by atoms with Crippen molar-refractivity contribution in [1.29, 1.82) is 0 Å². The quantitative estimate of drug-likeness (QED) is 0.922. The largest absolute Gasteiger partial charge is 0.382 e. The Morgan fingerprint density at radius 2 is 2.15 bits per heavy atom. The molecule has 2 rings (SSSR count). The van der Waals surface area contributed by atoms with E-state index in [1.165, 1.54) is 11.3 Å². The lowest BCUT2D eigenvalue weighted by molar-refractivity contribution is 0.0900. The van der Waals surface area contributed by atoms with Gasteiger partial charge in [0.15, 0.2) is 0 Å². The second-order valence-electron chi connectivity index (χ2n) is 4.30. The van der Waals surface area contributed by atoms with E-state index in [1.54, 1.807) is 24.8 Å². The van der Waals surface area contributed by atoms with Gasteiger partial charge in [-0.15, -0.1) is 11.3 Å². The first kappa shape index (κ1) is 15.0. The van der Waals surface area contributed by atoms with Gasteiger partial charge < -0.3 is 10.1 Å². The lowest BCUT2D eigenvalue weighted by atomic mass is 10.1. The van der Waals surface area contributed by atoms with E-state index in [0.717, 1.165) is 11.3 Å². The van der Waals surface area contributed by atoms with Crippen molar-refractivity contribution in [1.82, 2.24) is 10.3 Å². The maximum Gasteiger partial charge on any atom is 0.263 e. The third kappa shape index (κ3) is 3.56. The van der Waals surface area contributed by atoms with Gasteiger partial charge in [-0.1, -0.05) is 23.7 Å². The van der Waals surface area contributed by atoms with Gasteiger partial charge >= 0.3 is 0 Å². The summed E-state index contributed by atoms with van der Waals surface area (Å²) in [4.78, 5) is 16.9. The number of benzene rings is 1. The smallest absolute Gasteiger partial charge is 0.263 e. The maximum absolute atomic E-state index is 12.2. The van der Waals surface area contributed by atoms with Gasteiger partial charge in [0.1, 0.15) is 4.88 Å². The number of methoxy groups -OCH3 is 1. The minimum Gasteiger partial charge on any atom is -0.382 e. The van der Waals surface area contributed by atoms with Crippen LogP contribution in [0, 0.1) is 6.92 Å². The van der Waals surface area contributed by atoms with E-state index in [0.29, 0.717) is 16.5 Å². The first-order valence-electron chi connectivity index (χ1n) is 6.07. The van der Waals surface area contributed by atoms with Crippen molar-refractivity contribution in [3.8, 4) is 0 Å². The summed E-state index contributed by atoms with van der Waals surface area (Å²) >= 11 is 7.21. The zero-order valence-corrected chi connectivity index (χ0v) is 12.8. The van der Waals surface area contributed by atoms with Gasteiger partial charge in [-0.05, 0) is 24.6 Å². The van der Waals surface area contributed by atoms with Gasteiger partial charge in [-0.25, -0.2) is 4.98 Å². The van der Waals surface area contributed by atoms with E-state index < -0.39 is 0 Å². The van der Waals surface area contributed by atoms with Crippen LogP contribution in [0.5, 0.6) is 0 Å². The van der Waals surface area contributed by atoms with E-state index in [1.807, 2.05) is 19.1 Å². The summed E-state index contributed by atoms with van der Waals surface area (Å²) in [5.41, 5.74) is 3.35. The molecule has 6 heteroatoms. The highest BCUT2D eigenvalue weighted by Crippen LogP contribution is 2.19. The molecule has 0 saturated heterocycles. The van der Waals surface area contributed by atoms with Crippen LogP contribution in [0.4, 0.5) is 0 Å². The summed E-state index contributed by atoms with van der Waals surface area (Å²) in [5, 5.41) is 3.62. The van der Waals surface area contributed by atoms with Crippen LogP contribution in [0.1, 0.15) is 27.0 Å². The monoisotopic (exact) mass is 310 g/mol. The molecule has 1 aromatic heterocycles. The molecule has 1 unspecified atom stereocenters. The van der Waals surface area contributed by atoms with Crippen LogP contribution >= 0.6 is 22.9 Å². The number of nitrogens with zero attached hydrogens (tertiary/aromatic N) is 1. The molecule has 0 radical (unpaired) electrons. The van der Waals surface area contributed by atoms with Gasteiger partial charge in [0.25, 0.3) is 5.91 Å². The van der Waals surface area contributed by atoms with Crippen LogP contribution in [-0.4, -0.2) is 24.6 Å². The van der Waals surface area contributed by atoms with E-state index in [-0.39, 0.29) is 11.9 Å². The lowest BCUT2D eigenvalue weighted by Gasteiger charge is -2.18. The number of amides is 1. The Labute approximate surface area is 126 Å². The molecule has 0 aliphatic heterocycles. The van der Waals surface area contributed by atoms with Gasteiger partial charge in [0, 0.05) is 12.1 Å². The second kappa shape index (κ2) is 6.83. The highest BCUT2D eigenvalue weighted by Gasteiger charge is 2.18. The zero-order valence-electron chi connectivity index (χ0n) is 11.2. The summed E-state index contributed by atoms with van der Waals surface area (Å²) in [6.07, 6.45) is 0. The Morgan fingerprint density at radius 1 is 1.45 bits per heavy atom. The molecule has 2 aromatic rings. The molecule has 0 aliphatic carbocycles. The summed E-state index contributed by atoms with van der Waals surface area (Å²) < 4.78 is 5.18. The first-order valence-corrected chi connectivity index (χ1v) is 7.33. The van der Waals surface area contributed by atoms with Crippen LogP contribution in [0.3, 0.4) is 0 Å². The molecule has 0 bridgehead atoms. The Bertz CT molecular complexity index is 583. The molecule has 0 spiro atoms. The van der Waals surface area contributed by atoms with Crippen molar-refractivity contribution in [2.45, 2.75) is 13.0 Å². The fourth-order valence-electron chi connectivity index (χ4n) is 1.83. The number of carbonyl (C=O) groups is 1. The Kier molecular flexibility index (Phi) is 5.11. The van der Waals surface area contributed by atoms with Crippen molar-refractivity contribution in [2.24, 2.45) is 0 Å². The van der Waals surface area contributed by atoms with Crippen molar-refractivity contribution in [2.75, 3.05) is 13.7 Å². The third-order valence-electron chi connectivity index (χ3n) is 2.86. The molecular weight excluding hydrogens is 296 g/mol. The standard InChI is InChI=1S/C14H15ClN2O2S/c1-9-13(20-8-16-9)14(18)17-12(7-19-2)10-3-5-11(15)6-4-10/h3-6,8,12H,7H2,1-2H3,(H,17,18). The van der Waals surface area contributed by atoms with Crippen molar-refractivity contribution >= 4 is 28.8 Å². The Morgan fingerprint density at radius 3 is 2.70 bits per heavy atom. The second-order valence-corrected chi connectivity index (χ2v) is 5.59. The van der Waals surface area contributed by atoms with Gasteiger partial charge in [-0.2, -0.15) is 0 Å². The SMILES string of the molecule is COCC(NC(=O)c1scnc1C)c1ccc(Cl)cc1. The Hall–Kier alpha value is -1.43. The fourth-order valence-corrected chi connectivity index (χ4v) is 2.66. The molecule has 20 heavy (non-hydrogen) atoms. The molecule has 0 aliphatic rings. The van der Waals surface area contributed by atoms with Crippen molar-refractivity contribution < 1.29 is 9.53 Å². The predicted octanol–water partition coefficient (Wildman–Crippen LogP) is 3.22. The maximum atomic E-state index is 12.2. The van der Waals surface area contributed by atoms with Crippen molar-refractivity contribution in [3.05, 3.63) is 50.9 Å². The average Bonchev–Trinajstić information content (AvgIpc) is 2.85. The minimum absolute atomic E-state index is 0.137. The average molecular weight is 311 g/mol. The third-order valence-corrected chi connectivity index (χ3v) is 4.04. The van der Waals surface area contributed by atoms with E-state index >= 15 is 0 Å². The molecule has 0 saturated carbocycles. The Balaban J connectivity index is 2.15. The number of aryl methyl sites for hydroxylation is 1. The molecule has 1 amide bonds. The van der Waals surface area contributed by atoms with Crippen molar-refractivity contribution in [3.63, 3.8) is 0 Å². The molecular formula is C14H15ClN2O2S. The van der Waals surface area contributed by atoms with Crippen LogP contribution in [0.15, 0.2) is 29.8 Å². The van der Waals surface area contributed by atoms with Crippen LogP contribution < -0.4 is 5.32 Å². The molecule has 1 aromatic carbocycles. The van der Waals surface area contributed by atoms with E-state index in [2.05, 4.69) is 10.3 Å². The molecule has 1 N–H and O–H groups in total. The summed E-state index contributed by atoms with van der Waals surface area (Å²) in [7, 11) is 1.60. The molecule has 4 nitrogen and oxygen atoms in total. The number of hydrogen-bond donors (Lipinski definition) is 1. The normalized spacial score (nSPS) is 12.2. The number of halogens is 1. The molecule has 0 fully saturated rings. The van der Waals surface area contributed by atoms with Gasteiger partial charge in [0.2, 0.25) is 0 Å². The summed E-state index contributed by atoms with van der Waals surface area (Å²) in [5.74, 6) is -0.137. The van der Waals surface area contributed by atoms with E-state index in [9.17, 15) is 4.79 Å². The predicted molar refractivity (Wildman–Crippen MR) is 80.4 cm³/mol. The van der Waals surface area contributed by atoms with Crippen LogP contribution in [-0.2, 0) is 4.74 Å². The number of nitrogens with one attached hydrogen (secondary N) is 1. The first-order chi connectivity index (χ1) is 9.61. The van der Waals surface area contributed by atoms with Gasteiger partial charge in [-0.3, -0.25) is 4.79 Å². The number of hydrogen-bond acceptors (Lipinski definition) is 4. The fraction of sp³-hybridized carbons (Fsp3) is 0.286. The van der Waals surface area contributed by atoms with E-state index in [4.69, 9.17) is 16.3 Å². The number of carbonyl (C=O) groups excluding carboxylic acids is 1. The zero-order chi connectivity index (χ0) is 14.5. The molecule has 106 valence electrons. The highest BCUT2D eigenvalue weighted by atomic mass is 35.5. The van der Waals surface area contributed by atoms with Crippen LogP contribution in [0.2, 0.25) is 5.02 Å². The number of rotatable bonds is 5. The lowest BCUT2D eigenvalue weighted by Crippen LogP contribution is -2.31. The minimum atomic E-state index is -0.216. The number of thiazole rings is 1. The topological polar surface area (TPSA) is 51.2 Å². The number of ether oxygens (including phenoxy) is 1. The summed E-state index contributed by atoms with van der Waals surface area (Å²) in [6.45, 7) is 2.21. The molecule has 1 atom stereocenters. The highest BCUT2D eigenvalue weighted by molar-refractivity contribution is 7.11. The van der Waals surface area contributed by atoms with Gasteiger partial charge in [0.05, 0.1) is 23.9 Å². The molecule has 1 heterocycles. The summed E-state index contributed by atoms with van der Waals surface area (Å²) in [6, 6.07) is 7.14. The van der Waals surface area contributed by atoms with Crippen LogP contribution in [0.25, 0.3) is 0 Å². The number of aromatic nitrogens is 1.